The lowest BCUT2D eigenvalue weighted by Crippen LogP contribution is -2.48. The zero-order valence-corrected chi connectivity index (χ0v) is 14.2. The lowest BCUT2D eigenvalue weighted by molar-refractivity contribution is -0.0473. The molecule has 4 rings (SSSR count). The number of hydrogen-bond donors (Lipinski definition) is 1. The van der Waals surface area contributed by atoms with Crippen molar-refractivity contribution < 1.29 is 9.47 Å². The summed E-state index contributed by atoms with van der Waals surface area (Å²) in [7, 11) is 0. The van der Waals surface area contributed by atoms with Crippen molar-refractivity contribution in [2.24, 2.45) is 0 Å². The molecule has 3 aromatic rings. The maximum absolute atomic E-state index is 6.22. The van der Waals surface area contributed by atoms with Gasteiger partial charge >= 0.3 is 0 Å². The second-order valence-corrected chi connectivity index (χ2v) is 6.49. The number of piperidine rings is 1. The van der Waals surface area contributed by atoms with Crippen molar-refractivity contribution in [1.82, 2.24) is 5.32 Å². The van der Waals surface area contributed by atoms with Gasteiger partial charge in [0.25, 0.3) is 0 Å². The summed E-state index contributed by atoms with van der Waals surface area (Å²) in [6, 6.07) is 24.9. The van der Waals surface area contributed by atoms with Crippen LogP contribution in [0.5, 0.6) is 5.75 Å². The maximum Gasteiger partial charge on any atom is 0.127 e. The van der Waals surface area contributed by atoms with Gasteiger partial charge in [-0.25, -0.2) is 0 Å². The van der Waals surface area contributed by atoms with E-state index in [0.29, 0.717) is 6.61 Å². The van der Waals surface area contributed by atoms with Crippen LogP contribution < -0.4 is 10.1 Å². The predicted octanol–water partition coefficient (Wildman–Crippen LogP) is 4.17. The van der Waals surface area contributed by atoms with E-state index in [0.717, 1.165) is 25.3 Å². The Bertz CT molecular complexity index is 818. The highest BCUT2D eigenvalue weighted by Gasteiger charge is 2.27. The van der Waals surface area contributed by atoms with Gasteiger partial charge in [-0.05, 0) is 47.5 Å². The van der Waals surface area contributed by atoms with Gasteiger partial charge in [0.2, 0.25) is 0 Å². The van der Waals surface area contributed by atoms with Gasteiger partial charge in [0.15, 0.2) is 0 Å². The third kappa shape index (κ3) is 4.01. The highest BCUT2D eigenvalue weighted by molar-refractivity contribution is 5.82. The Labute approximate surface area is 148 Å². The van der Waals surface area contributed by atoms with Gasteiger partial charge in [-0.15, -0.1) is 0 Å². The Hall–Kier alpha value is -2.36. The van der Waals surface area contributed by atoms with Gasteiger partial charge in [0.05, 0.1) is 6.61 Å². The molecule has 1 saturated heterocycles. The number of hydrogen-bond acceptors (Lipinski definition) is 3. The van der Waals surface area contributed by atoms with E-state index in [9.17, 15) is 0 Å². The van der Waals surface area contributed by atoms with E-state index in [1.54, 1.807) is 0 Å². The van der Waals surface area contributed by atoms with Gasteiger partial charge in [-0.1, -0.05) is 54.6 Å². The minimum Gasteiger partial charge on any atom is -0.488 e. The number of benzene rings is 3. The number of fused-ring (bicyclic) bond motifs is 1. The van der Waals surface area contributed by atoms with Crippen LogP contribution in [0.2, 0.25) is 0 Å². The average molecular weight is 333 g/mol. The number of para-hydroxylation sites is 1. The molecule has 0 radical (unpaired) electrons. The minimum absolute atomic E-state index is 0.0560. The summed E-state index contributed by atoms with van der Waals surface area (Å²) in [6.45, 7) is 2.39. The van der Waals surface area contributed by atoms with Crippen LogP contribution in [0.25, 0.3) is 10.8 Å². The monoisotopic (exact) mass is 333 g/mol. The summed E-state index contributed by atoms with van der Waals surface area (Å²) >= 11 is 0. The van der Waals surface area contributed by atoms with Crippen molar-refractivity contribution in [2.45, 2.75) is 25.2 Å². The molecule has 3 heteroatoms. The third-order valence-electron chi connectivity index (χ3n) is 4.67. The zero-order valence-electron chi connectivity index (χ0n) is 14.2. The molecule has 25 heavy (non-hydrogen) atoms. The van der Waals surface area contributed by atoms with Crippen molar-refractivity contribution >= 4 is 10.8 Å². The molecule has 0 aromatic heterocycles. The van der Waals surface area contributed by atoms with Crippen molar-refractivity contribution in [1.29, 1.82) is 0 Å². The smallest absolute Gasteiger partial charge is 0.127 e. The molecule has 1 aliphatic heterocycles. The Balaban J connectivity index is 1.42. The van der Waals surface area contributed by atoms with E-state index >= 15 is 0 Å². The molecule has 1 fully saturated rings. The number of ether oxygens (including phenoxy) is 2. The molecular weight excluding hydrogens is 310 g/mol. The molecule has 0 bridgehead atoms. The SMILES string of the molecule is c1ccc(OC2CCNCC2OCc2ccc3ccccc3c2)cc1. The van der Waals surface area contributed by atoms with Crippen LogP contribution in [0.4, 0.5) is 0 Å². The van der Waals surface area contributed by atoms with E-state index in [4.69, 9.17) is 9.47 Å². The van der Waals surface area contributed by atoms with E-state index in [-0.39, 0.29) is 12.2 Å². The second-order valence-electron chi connectivity index (χ2n) is 6.49. The summed E-state index contributed by atoms with van der Waals surface area (Å²) in [4.78, 5) is 0. The minimum atomic E-state index is 0.0560. The molecule has 0 amide bonds. The molecule has 2 atom stereocenters. The first-order valence-electron chi connectivity index (χ1n) is 8.90. The van der Waals surface area contributed by atoms with Gasteiger partial charge in [-0.2, -0.15) is 0 Å². The molecule has 1 heterocycles. The normalized spacial score (nSPS) is 20.5. The quantitative estimate of drug-likeness (QED) is 0.760. The Morgan fingerprint density at radius 1 is 0.840 bits per heavy atom. The number of rotatable bonds is 5. The molecule has 3 nitrogen and oxygen atoms in total. The maximum atomic E-state index is 6.22. The summed E-state index contributed by atoms with van der Waals surface area (Å²) < 4.78 is 12.4. The van der Waals surface area contributed by atoms with Crippen molar-refractivity contribution in [3.63, 3.8) is 0 Å². The zero-order chi connectivity index (χ0) is 16.9. The Morgan fingerprint density at radius 2 is 1.64 bits per heavy atom. The van der Waals surface area contributed by atoms with E-state index in [2.05, 4.69) is 47.8 Å². The fourth-order valence-corrected chi connectivity index (χ4v) is 3.31. The first-order chi connectivity index (χ1) is 12.4. The molecule has 0 saturated carbocycles. The highest BCUT2D eigenvalue weighted by atomic mass is 16.5. The molecular formula is C22H23NO2. The van der Waals surface area contributed by atoms with Gasteiger partial charge < -0.3 is 14.8 Å². The van der Waals surface area contributed by atoms with Crippen molar-refractivity contribution in [3.05, 3.63) is 78.4 Å². The van der Waals surface area contributed by atoms with Crippen LogP contribution >= 0.6 is 0 Å². The van der Waals surface area contributed by atoms with Gasteiger partial charge in [0, 0.05) is 6.54 Å². The first-order valence-corrected chi connectivity index (χ1v) is 8.90. The third-order valence-corrected chi connectivity index (χ3v) is 4.67. The standard InChI is InChI=1S/C22H23NO2/c1-2-8-20(9-3-1)25-21-12-13-23-15-22(21)24-16-17-10-11-18-6-4-5-7-19(18)14-17/h1-11,14,21-23H,12-13,15-16H2. The van der Waals surface area contributed by atoms with Crippen LogP contribution in [-0.2, 0) is 11.3 Å². The molecule has 2 unspecified atom stereocenters. The molecule has 128 valence electrons. The van der Waals surface area contributed by atoms with E-state index < -0.39 is 0 Å². The van der Waals surface area contributed by atoms with Gasteiger partial charge in [-0.3, -0.25) is 0 Å². The first kappa shape index (κ1) is 16.1. The summed E-state index contributed by atoms with van der Waals surface area (Å²) in [5.74, 6) is 0.911. The molecule has 3 aromatic carbocycles. The molecule has 1 aliphatic rings. The van der Waals surface area contributed by atoms with Crippen molar-refractivity contribution in [2.75, 3.05) is 13.1 Å². The van der Waals surface area contributed by atoms with Gasteiger partial charge in [0.1, 0.15) is 18.0 Å². The Kier molecular flexibility index (Phi) is 4.96. The van der Waals surface area contributed by atoms with Crippen LogP contribution in [-0.4, -0.2) is 25.3 Å². The largest absolute Gasteiger partial charge is 0.488 e. The molecule has 0 aliphatic carbocycles. The van der Waals surface area contributed by atoms with Crippen LogP contribution in [0, 0.1) is 0 Å². The van der Waals surface area contributed by atoms with Crippen LogP contribution in [0.1, 0.15) is 12.0 Å². The van der Waals surface area contributed by atoms with E-state index in [1.807, 2.05) is 30.3 Å². The van der Waals surface area contributed by atoms with Crippen LogP contribution in [0.3, 0.4) is 0 Å². The fraction of sp³-hybridized carbons (Fsp3) is 0.273. The molecule has 1 N–H and O–H groups in total. The summed E-state index contributed by atoms with van der Waals surface area (Å²) in [6.07, 6.45) is 1.10. The summed E-state index contributed by atoms with van der Waals surface area (Å²) in [5.41, 5.74) is 1.20. The molecule has 0 spiro atoms. The predicted molar refractivity (Wildman–Crippen MR) is 101 cm³/mol. The number of nitrogens with one attached hydrogen (secondary N) is 1. The van der Waals surface area contributed by atoms with Crippen LogP contribution in [0.15, 0.2) is 72.8 Å². The lowest BCUT2D eigenvalue weighted by atomic mass is 10.1. The Morgan fingerprint density at radius 3 is 2.52 bits per heavy atom. The summed E-state index contributed by atoms with van der Waals surface area (Å²) in [5, 5.41) is 5.92. The average Bonchev–Trinajstić information content (AvgIpc) is 2.68. The topological polar surface area (TPSA) is 30.5 Å². The lowest BCUT2D eigenvalue weighted by Gasteiger charge is -2.32. The second kappa shape index (κ2) is 7.68. The van der Waals surface area contributed by atoms with E-state index in [1.165, 1.54) is 16.3 Å². The highest BCUT2D eigenvalue weighted by Crippen LogP contribution is 2.20. The van der Waals surface area contributed by atoms with Crippen molar-refractivity contribution in [3.8, 4) is 5.75 Å². The fourth-order valence-electron chi connectivity index (χ4n) is 3.31.